The standard InChI is InChI=1S/C11H13F2NO/c12-9-2-1-8(11(13)5-9)7-15-10-3-4-14-6-10/h1-2,5,10,14H,3-4,6-7H2. The Bertz CT molecular complexity index is 337. The van der Waals surface area contributed by atoms with Crippen LogP contribution in [0, 0.1) is 11.6 Å². The van der Waals surface area contributed by atoms with Crippen molar-refractivity contribution < 1.29 is 13.5 Å². The van der Waals surface area contributed by atoms with Gasteiger partial charge in [0.25, 0.3) is 0 Å². The van der Waals surface area contributed by atoms with Crippen LogP contribution in [0.5, 0.6) is 0 Å². The highest BCUT2D eigenvalue weighted by Crippen LogP contribution is 2.13. The molecule has 2 nitrogen and oxygen atoms in total. The summed E-state index contributed by atoms with van der Waals surface area (Å²) in [5, 5.41) is 3.15. The minimum atomic E-state index is -0.557. The van der Waals surface area contributed by atoms with E-state index in [0.717, 1.165) is 25.6 Å². The lowest BCUT2D eigenvalue weighted by Gasteiger charge is -2.10. The van der Waals surface area contributed by atoms with Gasteiger partial charge in [-0.3, -0.25) is 0 Å². The molecule has 1 aromatic carbocycles. The van der Waals surface area contributed by atoms with Gasteiger partial charge in [-0.2, -0.15) is 0 Å². The summed E-state index contributed by atoms with van der Waals surface area (Å²) >= 11 is 0. The maximum Gasteiger partial charge on any atom is 0.131 e. The van der Waals surface area contributed by atoms with E-state index in [0.29, 0.717) is 5.56 Å². The molecule has 1 aliphatic heterocycles. The van der Waals surface area contributed by atoms with Crippen LogP contribution in [0.4, 0.5) is 8.78 Å². The van der Waals surface area contributed by atoms with E-state index in [1.165, 1.54) is 12.1 Å². The van der Waals surface area contributed by atoms with Gasteiger partial charge in [-0.1, -0.05) is 6.07 Å². The molecule has 0 radical (unpaired) electrons. The van der Waals surface area contributed by atoms with Gasteiger partial charge in [0.1, 0.15) is 11.6 Å². The summed E-state index contributed by atoms with van der Waals surface area (Å²) in [4.78, 5) is 0. The van der Waals surface area contributed by atoms with Gasteiger partial charge in [0.2, 0.25) is 0 Å². The predicted octanol–water partition coefficient (Wildman–Crippen LogP) is 1.84. The van der Waals surface area contributed by atoms with Gasteiger partial charge in [-0.05, 0) is 19.0 Å². The SMILES string of the molecule is Fc1ccc(COC2CCNC2)c(F)c1. The van der Waals surface area contributed by atoms with Crippen molar-refractivity contribution in [1.82, 2.24) is 5.32 Å². The Morgan fingerprint density at radius 3 is 2.93 bits per heavy atom. The first-order valence-corrected chi connectivity index (χ1v) is 5.02. The zero-order chi connectivity index (χ0) is 10.7. The largest absolute Gasteiger partial charge is 0.372 e. The molecule has 1 saturated heterocycles. The Hall–Kier alpha value is -1.00. The molecular formula is C11H13F2NO. The van der Waals surface area contributed by atoms with E-state index in [4.69, 9.17) is 4.74 Å². The number of hydrogen-bond acceptors (Lipinski definition) is 2. The molecule has 0 bridgehead atoms. The van der Waals surface area contributed by atoms with E-state index in [1.54, 1.807) is 0 Å². The van der Waals surface area contributed by atoms with Crippen LogP contribution < -0.4 is 5.32 Å². The summed E-state index contributed by atoms with van der Waals surface area (Å²) in [5.74, 6) is -1.10. The average molecular weight is 213 g/mol. The van der Waals surface area contributed by atoms with Crippen molar-refractivity contribution in [2.45, 2.75) is 19.1 Å². The van der Waals surface area contributed by atoms with Crippen molar-refractivity contribution in [1.29, 1.82) is 0 Å². The first kappa shape index (κ1) is 10.5. The zero-order valence-corrected chi connectivity index (χ0v) is 8.30. The third-order valence-electron chi connectivity index (χ3n) is 2.50. The number of rotatable bonds is 3. The second-order valence-electron chi connectivity index (χ2n) is 3.66. The number of hydrogen-bond donors (Lipinski definition) is 1. The molecule has 4 heteroatoms. The quantitative estimate of drug-likeness (QED) is 0.827. The Balaban J connectivity index is 1.92. The van der Waals surface area contributed by atoms with Gasteiger partial charge in [0, 0.05) is 18.2 Å². The molecule has 2 rings (SSSR count). The second-order valence-corrected chi connectivity index (χ2v) is 3.66. The van der Waals surface area contributed by atoms with E-state index >= 15 is 0 Å². The van der Waals surface area contributed by atoms with Gasteiger partial charge in [0.05, 0.1) is 12.7 Å². The monoisotopic (exact) mass is 213 g/mol. The van der Waals surface area contributed by atoms with Gasteiger partial charge < -0.3 is 10.1 Å². The molecule has 0 spiro atoms. The molecule has 0 aromatic heterocycles. The Kier molecular flexibility index (Phi) is 3.28. The first-order valence-electron chi connectivity index (χ1n) is 5.02. The lowest BCUT2D eigenvalue weighted by molar-refractivity contribution is 0.0525. The highest BCUT2D eigenvalue weighted by Gasteiger charge is 2.15. The minimum absolute atomic E-state index is 0.148. The molecule has 0 saturated carbocycles. The summed E-state index contributed by atoms with van der Waals surface area (Å²) in [5.41, 5.74) is 0.406. The molecule has 82 valence electrons. The molecule has 1 atom stereocenters. The molecule has 1 fully saturated rings. The van der Waals surface area contributed by atoms with Crippen molar-refractivity contribution in [3.63, 3.8) is 0 Å². The van der Waals surface area contributed by atoms with Crippen molar-refractivity contribution in [3.8, 4) is 0 Å². The van der Waals surface area contributed by atoms with E-state index in [2.05, 4.69) is 5.32 Å². The van der Waals surface area contributed by atoms with E-state index < -0.39 is 11.6 Å². The maximum absolute atomic E-state index is 13.2. The minimum Gasteiger partial charge on any atom is -0.372 e. The molecule has 1 unspecified atom stereocenters. The summed E-state index contributed by atoms with van der Waals surface area (Å²) in [7, 11) is 0. The Labute approximate surface area is 87.2 Å². The van der Waals surface area contributed by atoms with E-state index in [9.17, 15) is 8.78 Å². The third kappa shape index (κ3) is 2.73. The zero-order valence-electron chi connectivity index (χ0n) is 8.30. The summed E-state index contributed by atoms with van der Waals surface area (Å²) in [6.45, 7) is 1.96. The molecule has 1 aromatic rings. The molecule has 15 heavy (non-hydrogen) atoms. The second kappa shape index (κ2) is 4.68. The van der Waals surface area contributed by atoms with Gasteiger partial charge in [-0.15, -0.1) is 0 Å². The smallest absolute Gasteiger partial charge is 0.131 e. The van der Waals surface area contributed by atoms with Crippen LogP contribution in [0.2, 0.25) is 0 Å². The lowest BCUT2D eigenvalue weighted by Crippen LogP contribution is -2.16. The Morgan fingerprint density at radius 1 is 1.40 bits per heavy atom. The fourth-order valence-electron chi connectivity index (χ4n) is 1.62. The number of halogens is 2. The van der Waals surface area contributed by atoms with E-state index in [1.807, 2.05) is 0 Å². The first-order chi connectivity index (χ1) is 7.25. The van der Waals surface area contributed by atoms with Crippen LogP contribution in [0.3, 0.4) is 0 Å². The van der Waals surface area contributed by atoms with Crippen LogP contribution >= 0.6 is 0 Å². The Morgan fingerprint density at radius 2 is 2.27 bits per heavy atom. The summed E-state index contributed by atoms with van der Waals surface area (Å²) in [6.07, 6.45) is 1.09. The fourth-order valence-corrected chi connectivity index (χ4v) is 1.62. The molecule has 0 amide bonds. The number of nitrogens with one attached hydrogen (secondary N) is 1. The molecule has 1 heterocycles. The third-order valence-corrected chi connectivity index (χ3v) is 2.50. The number of benzene rings is 1. The normalized spacial score (nSPS) is 20.8. The van der Waals surface area contributed by atoms with Crippen LogP contribution in [-0.2, 0) is 11.3 Å². The van der Waals surface area contributed by atoms with Crippen LogP contribution in [0.1, 0.15) is 12.0 Å². The van der Waals surface area contributed by atoms with E-state index in [-0.39, 0.29) is 12.7 Å². The molecule has 1 N–H and O–H groups in total. The average Bonchev–Trinajstić information content (AvgIpc) is 2.69. The van der Waals surface area contributed by atoms with Crippen LogP contribution in [0.15, 0.2) is 18.2 Å². The molecule has 0 aliphatic carbocycles. The molecular weight excluding hydrogens is 200 g/mol. The highest BCUT2D eigenvalue weighted by molar-refractivity contribution is 5.17. The topological polar surface area (TPSA) is 21.3 Å². The molecule has 1 aliphatic rings. The van der Waals surface area contributed by atoms with Crippen molar-refractivity contribution >= 4 is 0 Å². The van der Waals surface area contributed by atoms with Crippen LogP contribution in [0.25, 0.3) is 0 Å². The van der Waals surface area contributed by atoms with Gasteiger partial charge in [0.15, 0.2) is 0 Å². The maximum atomic E-state index is 13.2. The summed E-state index contributed by atoms with van der Waals surface area (Å²) in [6, 6.07) is 3.55. The van der Waals surface area contributed by atoms with Gasteiger partial charge >= 0.3 is 0 Å². The predicted molar refractivity (Wildman–Crippen MR) is 52.4 cm³/mol. The fraction of sp³-hybridized carbons (Fsp3) is 0.455. The number of ether oxygens (including phenoxy) is 1. The highest BCUT2D eigenvalue weighted by atomic mass is 19.1. The van der Waals surface area contributed by atoms with Crippen molar-refractivity contribution in [2.24, 2.45) is 0 Å². The van der Waals surface area contributed by atoms with Crippen LogP contribution in [-0.4, -0.2) is 19.2 Å². The van der Waals surface area contributed by atoms with Crippen molar-refractivity contribution in [2.75, 3.05) is 13.1 Å². The van der Waals surface area contributed by atoms with Gasteiger partial charge in [-0.25, -0.2) is 8.78 Å². The lowest BCUT2D eigenvalue weighted by atomic mass is 10.2. The van der Waals surface area contributed by atoms with Crippen molar-refractivity contribution in [3.05, 3.63) is 35.4 Å². The summed E-state index contributed by atoms with van der Waals surface area (Å²) < 4.78 is 31.3.